The van der Waals surface area contributed by atoms with Crippen molar-refractivity contribution in [1.29, 1.82) is 0 Å². The zero-order valence-electron chi connectivity index (χ0n) is 18.8. The van der Waals surface area contributed by atoms with Gasteiger partial charge in [0.2, 0.25) is 0 Å². The predicted octanol–water partition coefficient (Wildman–Crippen LogP) is 4.72. The van der Waals surface area contributed by atoms with Crippen LogP contribution in [0, 0.1) is 5.82 Å². The molecule has 1 heterocycles. The van der Waals surface area contributed by atoms with Crippen LogP contribution in [0.25, 0.3) is 11.1 Å². The summed E-state index contributed by atoms with van der Waals surface area (Å²) in [6, 6.07) is 17.7. The molecular formula is C27H28FNO5. The number of aliphatic carboxylic acids is 1. The number of para-hydroxylation sites is 1. The normalized spacial score (nSPS) is 15.3. The smallest absolute Gasteiger partial charge is 0.307 e. The van der Waals surface area contributed by atoms with Gasteiger partial charge in [0.1, 0.15) is 30.5 Å². The van der Waals surface area contributed by atoms with Crippen molar-refractivity contribution in [3.8, 4) is 22.6 Å². The summed E-state index contributed by atoms with van der Waals surface area (Å²) in [4.78, 5) is 11.2. The van der Waals surface area contributed by atoms with E-state index in [2.05, 4.69) is 0 Å². The molecule has 0 unspecified atom stereocenters. The molecule has 0 spiro atoms. The van der Waals surface area contributed by atoms with E-state index in [-0.39, 0.29) is 31.5 Å². The van der Waals surface area contributed by atoms with Gasteiger partial charge in [0, 0.05) is 29.8 Å². The fourth-order valence-electron chi connectivity index (χ4n) is 4.02. The number of rotatable bonds is 10. The minimum atomic E-state index is -0.932. The number of carboxylic acids is 1. The van der Waals surface area contributed by atoms with Gasteiger partial charge in [-0.25, -0.2) is 4.39 Å². The Hall–Kier alpha value is -3.42. The second-order valence-corrected chi connectivity index (χ2v) is 8.26. The zero-order chi connectivity index (χ0) is 23.9. The summed E-state index contributed by atoms with van der Waals surface area (Å²) >= 11 is 0. The van der Waals surface area contributed by atoms with Crippen LogP contribution in [0.1, 0.15) is 29.5 Å². The van der Waals surface area contributed by atoms with E-state index < -0.39 is 5.97 Å². The van der Waals surface area contributed by atoms with E-state index in [0.29, 0.717) is 40.4 Å². The number of nitrogens with two attached hydrogens (primary N) is 1. The molecular weight excluding hydrogens is 437 g/mol. The van der Waals surface area contributed by atoms with Gasteiger partial charge in [0.15, 0.2) is 0 Å². The highest BCUT2D eigenvalue weighted by atomic mass is 19.1. The monoisotopic (exact) mass is 465 g/mol. The molecule has 0 saturated carbocycles. The largest absolute Gasteiger partial charge is 0.491 e. The SMILES string of the molecule is NCc1cccc(-c2cc(COc3ccccc3CC(=O)O)cc(OC[C@H]3CCCO3)c2)c1F. The predicted molar refractivity (Wildman–Crippen MR) is 126 cm³/mol. The lowest BCUT2D eigenvalue weighted by Crippen LogP contribution is -2.16. The van der Waals surface area contributed by atoms with Gasteiger partial charge in [0.25, 0.3) is 0 Å². The van der Waals surface area contributed by atoms with Crippen molar-refractivity contribution in [2.24, 2.45) is 5.73 Å². The first kappa shape index (κ1) is 23.7. The molecule has 3 aromatic carbocycles. The molecule has 3 aromatic rings. The highest BCUT2D eigenvalue weighted by Gasteiger charge is 2.17. The van der Waals surface area contributed by atoms with Crippen LogP contribution in [-0.4, -0.2) is 30.4 Å². The van der Waals surface area contributed by atoms with Crippen molar-refractivity contribution in [2.45, 2.75) is 38.5 Å². The molecule has 1 saturated heterocycles. The third kappa shape index (κ3) is 5.92. The molecule has 6 nitrogen and oxygen atoms in total. The average molecular weight is 466 g/mol. The first-order valence-corrected chi connectivity index (χ1v) is 11.3. The van der Waals surface area contributed by atoms with Crippen molar-refractivity contribution in [1.82, 2.24) is 0 Å². The summed E-state index contributed by atoms with van der Waals surface area (Å²) in [5.74, 6) is -0.213. The highest BCUT2D eigenvalue weighted by Crippen LogP contribution is 2.31. The standard InChI is InChI=1S/C27H28FNO5/c28-27-20(15-29)6-3-8-24(27)21-11-18(12-23(13-21)33-17-22-7-4-10-32-22)16-34-25-9-2-1-5-19(25)14-26(30)31/h1-3,5-6,8-9,11-13,22H,4,7,10,14-17,29H2,(H,30,31)/t22-/m1/s1. The van der Waals surface area contributed by atoms with Gasteiger partial charge in [-0.05, 0) is 48.2 Å². The molecule has 1 aliphatic rings. The van der Waals surface area contributed by atoms with Gasteiger partial charge in [-0.2, -0.15) is 0 Å². The van der Waals surface area contributed by atoms with Crippen LogP contribution in [0.4, 0.5) is 4.39 Å². The fourth-order valence-corrected chi connectivity index (χ4v) is 4.02. The number of hydrogen-bond donors (Lipinski definition) is 2. The molecule has 178 valence electrons. The molecule has 1 atom stereocenters. The number of ether oxygens (including phenoxy) is 3. The van der Waals surface area contributed by atoms with Crippen LogP contribution in [0.15, 0.2) is 60.7 Å². The van der Waals surface area contributed by atoms with Crippen molar-refractivity contribution in [3.05, 3.63) is 83.2 Å². The molecule has 0 radical (unpaired) electrons. The Balaban J connectivity index is 1.61. The lowest BCUT2D eigenvalue weighted by Gasteiger charge is -2.16. The first-order valence-electron chi connectivity index (χ1n) is 11.3. The van der Waals surface area contributed by atoms with Crippen molar-refractivity contribution < 1.29 is 28.5 Å². The van der Waals surface area contributed by atoms with E-state index in [9.17, 15) is 4.79 Å². The third-order valence-corrected chi connectivity index (χ3v) is 5.74. The van der Waals surface area contributed by atoms with Crippen LogP contribution < -0.4 is 15.2 Å². The Labute approximate surface area is 198 Å². The Morgan fingerprint density at radius 2 is 1.91 bits per heavy atom. The van der Waals surface area contributed by atoms with Crippen molar-refractivity contribution in [2.75, 3.05) is 13.2 Å². The van der Waals surface area contributed by atoms with Gasteiger partial charge in [-0.3, -0.25) is 4.79 Å². The molecule has 0 aromatic heterocycles. The van der Waals surface area contributed by atoms with Crippen LogP contribution in [0.5, 0.6) is 11.5 Å². The summed E-state index contributed by atoms with van der Waals surface area (Å²) in [5, 5.41) is 9.17. The number of carboxylic acid groups (broad SMARTS) is 1. The lowest BCUT2D eigenvalue weighted by molar-refractivity contribution is -0.136. The quantitative estimate of drug-likeness (QED) is 0.450. The summed E-state index contributed by atoms with van der Waals surface area (Å²) in [7, 11) is 0. The average Bonchev–Trinajstić information content (AvgIpc) is 3.36. The lowest BCUT2D eigenvalue weighted by atomic mass is 9.99. The maximum atomic E-state index is 15.1. The molecule has 0 aliphatic carbocycles. The van der Waals surface area contributed by atoms with Crippen LogP contribution in [-0.2, 0) is 29.1 Å². The van der Waals surface area contributed by atoms with Crippen LogP contribution in [0.2, 0.25) is 0 Å². The number of benzene rings is 3. The summed E-state index contributed by atoms with van der Waals surface area (Å²) < 4.78 is 32.7. The van der Waals surface area contributed by atoms with Gasteiger partial charge in [-0.1, -0.05) is 36.4 Å². The summed E-state index contributed by atoms with van der Waals surface area (Å²) in [5.41, 5.74) is 8.56. The minimum absolute atomic E-state index is 0.0450. The van der Waals surface area contributed by atoms with Crippen molar-refractivity contribution >= 4 is 5.97 Å². The van der Waals surface area contributed by atoms with E-state index in [1.165, 1.54) is 0 Å². The number of hydrogen-bond acceptors (Lipinski definition) is 5. The second-order valence-electron chi connectivity index (χ2n) is 8.26. The Morgan fingerprint density at radius 3 is 2.68 bits per heavy atom. The molecule has 7 heteroatoms. The van der Waals surface area contributed by atoms with E-state index in [1.54, 1.807) is 48.5 Å². The first-order chi connectivity index (χ1) is 16.5. The second kappa shape index (κ2) is 11.1. The molecule has 4 rings (SSSR count). The molecule has 1 aliphatic heterocycles. The Kier molecular flexibility index (Phi) is 7.77. The fraction of sp³-hybridized carbons (Fsp3) is 0.296. The van der Waals surface area contributed by atoms with Crippen molar-refractivity contribution in [3.63, 3.8) is 0 Å². The highest BCUT2D eigenvalue weighted by molar-refractivity contribution is 5.71. The van der Waals surface area contributed by atoms with Crippen LogP contribution >= 0.6 is 0 Å². The number of carbonyl (C=O) groups is 1. The summed E-state index contributed by atoms with van der Waals surface area (Å²) in [6.45, 7) is 1.42. The van der Waals surface area contributed by atoms with Gasteiger partial charge < -0.3 is 25.1 Å². The maximum Gasteiger partial charge on any atom is 0.307 e. The number of halogens is 1. The molecule has 1 fully saturated rings. The molecule has 34 heavy (non-hydrogen) atoms. The minimum Gasteiger partial charge on any atom is -0.491 e. The molecule has 0 bridgehead atoms. The van der Waals surface area contributed by atoms with Gasteiger partial charge in [-0.15, -0.1) is 0 Å². The molecule has 0 amide bonds. The summed E-state index contributed by atoms with van der Waals surface area (Å²) in [6.07, 6.45) is 1.87. The Morgan fingerprint density at radius 1 is 1.09 bits per heavy atom. The van der Waals surface area contributed by atoms with Crippen LogP contribution in [0.3, 0.4) is 0 Å². The van der Waals surface area contributed by atoms with E-state index in [1.807, 2.05) is 12.1 Å². The third-order valence-electron chi connectivity index (χ3n) is 5.74. The van der Waals surface area contributed by atoms with E-state index in [4.69, 9.17) is 25.1 Å². The Bertz CT molecular complexity index is 1140. The van der Waals surface area contributed by atoms with Gasteiger partial charge in [0.05, 0.1) is 12.5 Å². The van der Waals surface area contributed by atoms with E-state index in [0.717, 1.165) is 25.0 Å². The maximum absolute atomic E-state index is 15.1. The molecule has 3 N–H and O–H groups in total. The van der Waals surface area contributed by atoms with E-state index >= 15 is 4.39 Å². The van der Waals surface area contributed by atoms with Gasteiger partial charge >= 0.3 is 5.97 Å². The topological polar surface area (TPSA) is 91.0 Å². The zero-order valence-corrected chi connectivity index (χ0v) is 18.8.